The number of Topliss-reactive ketones (excluding diaryl/α,β-unsaturated/α-hetero) is 1. The number of ether oxygens (including phenoxy) is 2. The predicted molar refractivity (Wildman–Crippen MR) is 67.2 cm³/mol. The molecule has 96 valence electrons. The van der Waals surface area contributed by atoms with Gasteiger partial charge in [0.25, 0.3) is 0 Å². The van der Waals surface area contributed by atoms with Crippen molar-refractivity contribution in [3.63, 3.8) is 0 Å². The molecule has 1 aromatic carbocycles. The largest absolute Gasteiger partial charge is 0.427 e. The van der Waals surface area contributed by atoms with Gasteiger partial charge in [-0.25, -0.2) is 0 Å². The Hall–Kier alpha value is -1.69. The number of halogens is 1. The summed E-state index contributed by atoms with van der Waals surface area (Å²) in [4.78, 5) is 33.4. The molecule has 0 aliphatic heterocycles. The number of carbonyl (C=O) groups is 3. The topological polar surface area (TPSA) is 69.7 Å². The molecule has 1 aromatic rings. The Morgan fingerprint density at radius 2 is 1.72 bits per heavy atom. The van der Waals surface area contributed by atoms with E-state index < -0.39 is 11.9 Å². The molecule has 0 aliphatic rings. The molecule has 0 radical (unpaired) electrons. The summed E-state index contributed by atoms with van der Waals surface area (Å²) < 4.78 is 9.77. The van der Waals surface area contributed by atoms with Crippen LogP contribution >= 0.6 is 15.9 Å². The first-order valence-electron chi connectivity index (χ1n) is 5.04. The van der Waals surface area contributed by atoms with E-state index in [1.807, 2.05) is 0 Å². The van der Waals surface area contributed by atoms with Crippen LogP contribution in [0.5, 0.6) is 11.5 Å². The summed E-state index contributed by atoms with van der Waals surface area (Å²) in [5.41, 5.74) is 0.181. The van der Waals surface area contributed by atoms with Crippen molar-refractivity contribution in [2.75, 3.05) is 5.33 Å². The highest BCUT2D eigenvalue weighted by Crippen LogP contribution is 2.25. The van der Waals surface area contributed by atoms with Crippen LogP contribution in [0.3, 0.4) is 0 Å². The first-order valence-corrected chi connectivity index (χ1v) is 6.16. The summed E-state index contributed by atoms with van der Waals surface area (Å²) in [6.45, 7) is 2.49. The van der Waals surface area contributed by atoms with Crippen molar-refractivity contribution in [2.24, 2.45) is 0 Å². The molecule has 0 fully saturated rings. The lowest BCUT2D eigenvalue weighted by molar-refractivity contribution is -0.133. The van der Waals surface area contributed by atoms with Crippen LogP contribution in [0.15, 0.2) is 18.2 Å². The van der Waals surface area contributed by atoms with Gasteiger partial charge < -0.3 is 9.47 Å². The molecule has 0 aliphatic carbocycles. The number of ketones is 1. The van der Waals surface area contributed by atoms with Gasteiger partial charge in [0, 0.05) is 13.8 Å². The van der Waals surface area contributed by atoms with E-state index >= 15 is 0 Å². The number of alkyl halides is 1. The molecule has 6 heteroatoms. The maximum atomic E-state index is 11.7. The van der Waals surface area contributed by atoms with Crippen molar-refractivity contribution in [1.29, 1.82) is 0 Å². The van der Waals surface area contributed by atoms with Crippen molar-refractivity contribution < 1.29 is 23.9 Å². The van der Waals surface area contributed by atoms with Gasteiger partial charge in [0.15, 0.2) is 5.78 Å². The van der Waals surface area contributed by atoms with Gasteiger partial charge >= 0.3 is 11.9 Å². The van der Waals surface area contributed by atoms with Crippen LogP contribution in [-0.4, -0.2) is 23.1 Å². The Morgan fingerprint density at radius 3 is 2.22 bits per heavy atom. The van der Waals surface area contributed by atoms with Crippen LogP contribution < -0.4 is 9.47 Å². The van der Waals surface area contributed by atoms with Crippen molar-refractivity contribution in [3.8, 4) is 11.5 Å². The highest BCUT2D eigenvalue weighted by atomic mass is 79.9. The van der Waals surface area contributed by atoms with E-state index in [-0.39, 0.29) is 28.2 Å². The third-order valence-electron chi connectivity index (χ3n) is 1.89. The maximum Gasteiger partial charge on any atom is 0.308 e. The zero-order valence-electron chi connectivity index (χ0n) is 9.86. The summed E-state index contributed by atoms with van der Waals surface area (Å²) in [5.74, 6) is -0.933. The number of benzene rings is 1. The molecule has 0 bridgehead atoms. The minimum absolute atomic E-state index is 0.0742. The highest BCUT2D eigenvalue weighted by Gasteiger charge is 2.15. The van der Waals surface area contributed by atoms with Crippen molar-refractivity contribution in [2.45, 2.75) is 13.8 Å². The molecule has 5 nitrogen and oxygen atoms in total. The lowest BCUT2D eigenvalue weighted by Crippen LogP contribution is -2.09. The van der Waals surface area contributed by atoms with Gasteiger partial charge in [0.1, 0.15) is 11.5 Å². The lowest BCUT2D eigenvalue weighted by atomic mass is 10.1. The first-order chi connectivity index (χ1) is 8.43. The van der Waals surface area contributed by atoms with E-state index in [9.17, 15) is 14.4 Å². The summed E-state index contributed by atoms with van der Waals surface area (Å²) in [5, 5.41) is 0.0742. The van der Waals surface area contributed by atoms with Crippen molar-refractivity contribution in [1.82, 2.24) is 0 Å². The summed E-state index contributed by atoms with van der Waals surface area (Å²) >= 11 is 3.03. The minimum Gasteiger partial charge on any atom is -0.427 e. The quantitative estimate of drug-likeness (QED) is 0.368. The normalized spacial score (nSPS) is 9.72. The zero-order valence-corrected chi connectivity index (χ0v) is 11.4. The van der Waals surface area contributed by atoms with E-state index in [4.69, 9.17) is 9.47 Å². The Balaban J connectivity index is 3.15. The van der Waals surface area contributed by atoms with Crippen LogP contribution in [0.25, 0.3) is 0 Å². The fourth-order valence-corrected chi connectivity index (χ4v) is 1.57. The van der Waals surface area contributed by atoms with Crippen molar-refractivity contribution >= 4 is 33.7 Å². The van der Waals surface area contributed by atoms with Gasteiger partial charge in [-0.05, 0) is 18.2 Å². The van der Waals surface area contributed by atoms with Gasteiger partial charge in [-0.3, -0.25) is 14.4 Å². The molecule has 0 aromatic heterocycles. The monoisotopic (exact) mass is 314 g/mol. The van der Waals surface area contributed by atoms with E-state index in [0.717, 1.165) is 0 Å². The standard InChI is InChI=1S/C12H11BrO5/c1-7(14)17-9-3-4-12(18-8(2)15)10(5-9)11(16)6-13/h3-5H,6H2,1-2H3. The fraction of sp³-hybridized carbons (Fsp3) is 0.250. The van der Waals surface area contributed by atoms with Crippen LogP contribution in [-0.2, 0) is 9.59 Å². The Kier molecular flexibility index (Phi) is 5.03. The summed E-state index contributed by atoms with van der Waals surface area (Å²) in [6, 6.07) is 4.23. The third-order valence-corrected chi connectivity index (χ3v) is 2.40. The molecule has 1 rings (SSSR count). The molecular formula is C12H11BrO5. The molecule has 0 spiro atoms. The Morgan fingerprint density at radius 1 is 1.11 bits per heavy atom. The van der Waals surface area contributed by atoms with Gasteiger partial charge in [-0.1, -0.05) is 15.9 Å². The molecule has 0 saturated heterocycles. The molecule has 0 unspecified atom stereocenters. The average Bonchev–Trinajstić information content (AvgIpc) is 2.28. The SMILES string of the molecule is CC(=O)Oc1ccc(OC(C)=O)c(C(=O)CBr)c1. The Bertz CT molecular complexity index is 495. The fourth-order valence-electron chi connectivity index (χ4n) is 1.27. The van der Waals surface area contributed by atoms with Crippen LogP contribution in [0, 0.1) is 0 Å². The van der Waals surface area contributed by atoms with E-state index in [2.05, 4.69) is 15.9 Å². The third kappa shape index (κ3) is 3.96. The van der Waals surface area contributed by atoms with Crippen molar-refractivity contribution in [3.05, 3.63) is 23.8 Å². The summed E-state index contributed by atoms with van der Waals surface area (Å²) in [7, 11) is 0. The first kappa shape index (κ1) is 14.4. The number of hydrogen-bond donors (Lipinski definition) is 0. The van der Waals surface area contributed by atoms with Crippen LogP contribution in [0.4, 0.5) is 0 Å². The predicted octanol–water partition coefficient (Wildman–Crippen LogP) is 2.11. The molecule has 0 N–H and O–H groups in total. The molecule has 0 saturated carbocycles. The van der Waals surface area contributed by atoms with Crippen LogP contribution in [0.2, 0.25) is 0 Å². The Labute approximate surface area is 112 Å². The molecule has 0 heterocycles. The summed E-state index contributed by atoms with van der Waals surface area (Å²) in [6.07, 6.45) is 0. The highest BCUT2D eigenvalue weighted by molar-refractivity contribution is 9.09. The molecule has 18 heavy (non-hydrogen) atoms. The van der Waals surface area contributed by atoms with E-state index in [1.165, 1.54) is 32.0 Å². The number of hydrogen-bond acceptors (Lipinski definition) is 5. The molecule has 0 atom stereocenters. The van der Waals surface area contributed by atoms with Crippen LogP contribution in [0.1, 0.15) is 24.2 Å². The average molecular weight is 315 g/mol. The zero-order chi connectivity index (χ0) is 13.7. The lowest BCUT2D eigenvalue weighted by Gasteiger charge is -2.09. The molecular weight excluding hydrogens is 304 g/mol. The number of rotatable bonds is 4. The van der Waals surface area contributed by atoms with E-state index in [1.54, 1.807) is 0 Å². The smallest absolute Gasteiger partial charge is 0.308 e. The van der Waals surface area contributed by atoms with Gasteiger partial charge in [0.05, 0.1) is 10.9 Å². The van der Waals surface area contributed by atoms with Gasteiger partial charge in [-0.2, -0.15) is 0 Å². The van der Waals surface area contributed by atoms with E-state index in [0.29, 0.717) is 0 Å². The minimum atomic E-state index is -0.529. The number of esters is 2. The second kappa shape index (κ2) is 6.30. The maximum absolute atomic E-state index is 11.7. The van der Waals surface area contributed by atoms with Gasteiger partial charge in [0.2, 0.25) is 0 Å². The van der Waals surface area contributed by atoms with Gasteiger partial charge in [-0.15, -0.1) is 0 Å². The number of carbonyl (C=O) groups excluding carboxylic acids is 3. The molecule has 0 amide bonds. The second-order valence-corrected chi connectivity index (χ2v) is 3.96. The second-order valence-electron chi connectivity index (χ2n) is 3.40.